The zero-order chi connectivity index (χ0) is 16.1. The van der Waals surface area contributed by atoms with Gasteiger partial charge in [-0.3, -0.25) is 4.79 Å². The van der Waals surface area contributed by atoms with E-state index >= 15 is 0 Å². The van der Waals surface area contributed by atoms with Crippen LogP contribution in [0.1, 0.15) is 60.3 Å². The van der Waals surface area contributed by atoms with E-state index in [4.69, 9.17) is 0 Å². The molecule has 3 fully saturated rings. The fraction of sp³-hybridized carbons (Fsp3) is 0.850. The molecule has 4 aliphatic carbocycles. The molecule has 4 rings (SSSR count). The third-order valence-electron chi connectivity index (χ3n) is 8.65. The maximum absolute atomic E-state index is 12.8. The summed E-state index contributed by atoms with van der Waals surface area (Å²) in [7, 11) is 0. The number of aliphatic hydroxyl groups is 1. The average molecular weight is 302 g/mol. The van der Waals surface area contributed by atoms with E-state index in [-0.39, 0.29) is 27.8 Å². The van der Waals surface area contributed by atoms with Crippen molar-refractivity contribution in [1.82, 2.24) is 0 Å². The smallest absolute Gasteiger partial charge is 0.161 e. The Balaban J connectivity index is 1.92. The SMILES string of the molecule is C[C@H]1C=CC(=O)[C@]2(C)CC[C@H]3[C@@H]4C(C)(C)C[C@@H](O)[C@]4(C)C[C@]132. The number of carbonyl (C=O) groups excluding carboxylic acids is 1. The Hall–Kier alpha value is -0.630. The molecule has 2 heteroatoms. The summed E-state index contributed by atoms with van der Waals surface area (Å²) in [6, 6.07) is 0. The van der Waals surface area contributed by atoms with Crippen molar-refractivity contribution in [3.05, 3.63) is 12.2 Å². The van der Waals surface area contributed by atoms with Crippen LogP contribution in [0.3, 0.4) is 0 Å². The van der Waals surface area contributed by atoms with Gasteiger partial charge in [-0.25, -0.2) is 0 Å². The summed E-state index contributed by atoms with van der Waals surface area (Å²) < 4.78 is 0. The third-order valence-corrected chi connectivity index (χ3v) is 8.65. The number of allylic oxidation sites excluding steroid dienone is 2. The number of hydrogen-bond donors (Lipinski definition) is 1. The van der Waals surface area contributed by atoms with Crippen molar-refractivity contribution in [3.8, 4) is 0 Å². The van der Waals surface area contributed by atoms with Crippen molar-refractivity contribution in [3.63, 3.8) is 0 Å². The molecule has 1 spiro atoms. The standard InChI is InChI=1S/C20H30O2/c1-12-6-7-14(21)19(5)9-8-13-16-17(2,3)10-15(22)18(16,4)11-20(12,13)19/h6-7,12-13,15-16,22H,8-11H2,1-5H3/t12-,13-,15+,16+,18-,19-,20-/m0/s1. The summed E-state index contributed by atoms with van der Waals surface area (Å²) in [5, 5.41) is 10.9. The summed E-state index contributed by atoms with van der Waals surface area (Å²) in [6.07, 6.45) is 7.91. The summed E-state index contributed by atoms with van der Waals surface area (Å²) >= 11 is 0. The Morgan fingerprint density at radius 2 is 1.91 bits per heavy atom. The van der Waals surface area contributed by atoms with Gasteiger partial charge in [0.25, 0.3) is 0 Å². The number of rotatable bonds is 0. The predicted octanol–water partition coefficient (Wildman–Crippen LogP) is 3.98. The van der Waals surface area contributed by atoms with Gasteiger partial charge in [0.15, 0.2) is 5.78 Å². The molecule has 3 saturated carbocycles. The Labute approximate surface area is 134 Å². The molecule has 0 unspecified atom stereocenters. The van der Waals surface area contributed by atoms with Gasteiger partial charge in [-0.05, 0) is 65.8 Å². The largest absolute Gasteiger partial charge is 0.393 e. The minimum Gasteiger partial charge on any atom is -0.393 e. The molecule has 0 aromatic rings. The lowest BCUT2D eigenvalue weighted by molar-refractivity contribution is -0.134. The molecule has 2 nitrogen and oxygen atoms in total. The maximum Gasteiger partial charge on any atom is 0.161 e. The van der Waals surface area contributed by atoms with Gasteiger partial charge in [-0.1, -0.05) is 40.7 Å². The second-order valence-electron chi connectivity index (χ2n) is 9.90. The van der Waals surface area contributed by atoms with Gasteiger partial charge in [-0.2, -0.15) is 0 Å². The summed E-state index contributed by atoms with van der Waals surface area (Å²) in [5.74, 6) is 1.90. The average Bonchev–Trinajstić information content (AvgIpc) is 2.92. The number of fused-ring (bicyclic) bond motifs is 2. The second kappa shape index (κ2) is 3.88. The molecule has 0 aromatic carbocycles. The quantitative estimate of drug-likeness (QED) is 0.735. The monoisotopic (exact) mass is 302 g/mol. The lowest BCUT2D eigenvalue weighted by atomic mass is 9.52. The topological polar surface area (TPSA) is 37.3 Å². The molecule has 0 heterocycles. The van der Waals surface area contributed by atoms with E-state index in [9.17, 15) is 9.90 Å². The minimum absolute atomic E-state index is 0.0183. The predicted molar refractivity (Wildman–Crippen MR) is 87.2 cm³/mol. The first-order chi connectivity index (χ1) is 10.1. The van der Waals surface area contributed by atoms with Gasteiger partial charge >= 0.3 is 0 Å². The van der Waals surface area contributed by atoms with Gasteiger partial charge in [0.2, 0.25) is 0 Å². The molecule has 0 aliphatic heterocycles. The molecule has 4 aliphatic rings. The Morgan fingerprint density at radius 3 is 2.59 bits per heavy atom. The Morgan fingerprint density at radius 1 is 1.23 bits per heavy atom. The zero-order valence-electron chi connectivity index (χ0n) is 14.6. The molecular formula is C20H30O2. The lowest BCUT2D eigenvalue weighted by Gasteiger charge is -2.50. The molecule has 0 bridgehead atoms. The second-order valence-corrected chi connectivity index (χ2v) is 9.90. The van der Waals surface area contributed by atoms with Crippen molar-refractivity contribution >= 4 is 5.78 Å². The zero-order valence-corrected chi connectivity index (χ0v) is 14.6. The van der Waals surface area contributed by atoms with Crippen molar-refractivity contribution in [2.75, 3.05) is 0 Å². The van der Waals surface area contributed by atoms with Crippen LogP contribution in [-0.4, -0.2) is 17.0 Å². The van der Waals surface area contributed by atoms with Crippen LogP contribution in [-0.2, 0) is 4.79 Å². The van der Waals surface area contributed by atoms with Crippen molar-refractivity contribution < 1.29 is 9.90 Å². The maximum atomic E-state index is 12.8. The first-order valence-electron chi connectivity index (χ1n) is 9.00. The normalized spacial score (nSPS) is 58.5. The number of ketones is 1. The lowest BCUT2D eigenvalue weighted by Crippen LogP contribution is -2.50. The van der Waals surface area contributed by atoms with Crippen LogP contribution in [0.25, 0.3) is 0 Å². The number of aliphatic hydroxyl groups excluding tert-OH is 1. The van der Waals surface area contributed by atoms with Gasteiger partial charge in [0.1, 0.15) is 0 Å². The number of hydrogen-bond acceptors (Lipinski definition) is 2. The first-order valence-corrected chi connectivity index (χ1v) is 9.00. The van der Waals surface area contributed by atoms with Gasteiger partial charge in [-0.15, -0.1) is 0 Å². The van der Waals surface area contributed by atoms with E-state index in [1.54, 1.807) is 0 Å². The molecule has 1 N–H and O–H groups in total. The van der Waals surface area contributed by atoms with Gasteiger partial charge in [0, 0.05) is 5.41 Å². The van der Waals surface area contributed by atoms with E-state index < -0.39 is 0 Å². The fourth-order valence-electron chi connectivity index (χ4n) is 7.90. The summed E-state index contributed by atoms with van der Waals surface area (Å²) in [4.78, 5) is 12.8. The van der Waals surface area contributed by atoms with Crippen LogP contribution < -0.4 is 0 Å². The van der Waals surface area contributed by atoms with E-state index in [0.29, 0.717) is 23.5 Å². The van der Waals surface area contributed by atoms with E-state index in [0.717, 1.165) is 25.7 Å². The van der Waals surface area contributed by atoms with Gasteiger partial charge < -0.3 is 5.11 Å². The van der Waals surface area contributed by atoms with Crippen molar-refractivity contribution in [2.24, 2.45) is 39.4 Å². The molecule has 122 valence electrons. The van der Waals surface area contributed by atoms with E-state index in [2.05, 4.69) is 40.7 Å². The molecule has 0 amide bonds. The van der Waals surface area contributed by atoms with Gasteiger partial charge in [0.05, 0.1) is 6.10 Å². The van der Waals surface area contributed by atoms with Crippen LogP contribution in [0.5, 0.6) is 0 Å². The molecular weight excluding hydrogens is 272 g/mol. The highest BCUT2D eigenvalue weighted by Gasteiger charge is 2.76. The van der Waals surface area contributed by atoms with Crippen LogP contribution in [0.4, 0.5) is 0 Å². The first kappa shape index (κ1) is 14.9. The Kier molecular flexibility index (Phi) is 2.63. The van der Waals surface area contributed by atoms with Crippen LogP contribution >= 0.6 is 0 Å². The third kappa shape index (κ3) is 1.32. The molecule has 0 saturated heterocycles. The molecule has 0 aromatic heterocycles. The Bertz CT molecular complexity index is 576. The van der Waals surface area contributed by atoms with E-state index in [1.807, 2.05) is 6.08 Å². The van der Waals surface area contributed by atoms with Crippen molar-refractivity contribution in [1.29, 1.82) is 0 Å². The summed E-state index contributed by atoms with van der Waals surface area (Å²) in [5.41, 5.74) is 0.0129. The van der Waals surface area contributed by atoms with Crippen molar-refractivity contribution in [2.45, 2.75) is 66.4 Å². The fourth-order valence-corrected chi connectivity index (χ4v) is 7.90. The van der Waals surface area contributed by atoms with E-state index in [1.165, 1.54) is 0 Å². The molecule has 7 atom stereocenters. The minimum atomic E-state index is -0.218. The highest BCUT2D eigenvalue weighted by molar-refractivity contribution is 5.96. The highest BCUT2D eigenvalue weighted by Crippen LogP contribution is 2.79. The highest BCUT2D eigenvalue weighted by atomic mass is 16.3. The number of carbonyl (C=O) groups is 1. The van der Waals surface area contributed by atoms with Crippen LogP contribution in [0, 0.1) is 39.4 Å². The molecule has 22 heavy (non-hydrogen) atoms. The van der Waals surface area contributed by atoms with Crippen LogP contribution in [0.15, 0.2) is 12.2 Å². The summed E-state index contributed by atoms with van der Waals surface area (Å²) in [6.45, 7) is 11.5. The van der Waals surface area contributed by atoms with Crippen LogP contribution in [0.2, 0.25) is 0 Å². The molecule has 0 radical (unpaired) electrons.